The fourth-order valence-electron chi connectivity index (χ4n) is 2.87. The van der Waals surface area contributed by atoms with E-state index in [4.69, 9.17) is 9.47 Å². The molecular formula is C20H27BrN2O5. The summed E-state index contributed by atoms with van der Waals surface area (Å²) in [6.45, 7) is 5.41. The maximum absolute atomic E-state index is 13.2. The van der Waals surface area contributed by atoms with Gasteiger partial charge in [0.15, 0.2) is 0 Å². The van der Waals surface area contributed by atoms with Gasteiger partial charge in [0.2, 0.25) is 5.91 Å². The lowest BCUT2D eigenvalue weighted by molar-refractivity contribution is -0.147. The number of esters is 1. The van der Waals surface area contributed by atoms with Crippen LogP contribution in [0.15, 0.2) is 22.7 Å². The van der Waals surface area contributed by atoms with E-state index in [1.165, 1.54) is 4.90 Å². The van der Waals surface area contributed by atoms with E-state index in [0.29, 0.717) is 44.0 Å². The molecule has 8 heteroatoms. The van der Waals surface area contributed by atoms with E-state index in [-0.39, 0.29) is 18.2 Å². The average Bonchev–Trinajstić information content (AvgIpc) is 2.68. The molecule has 1 fully saturated rings. The van der Waals surface area contributed by atoms with Crippen molar-refractivity contribution in [1.82, 2.24) is 10.2 Å². The first kappa shape index (κ1) is 22.2. The van der Waals surface area contributed by atoms with Crippen LogP contribution >= 0.6 is 15.9 Å². The lowest BCUT2D eigenvalue weighted by atomic mass is 10.1. The smallest absolute Gasteiger partial charge is 0.308 e. The summed E-state index contributed by atoms with van der Waals surface area (Å²) >= 11 is 3.39. The molecule has 0 bridgehead atoms. The zero-order chi connectivity index (χ0) is 20.5. The van der Waals surface area contributed by atoms with Crippen LogP contribution in [0.3, 0.4) is 0 Å². The number of unbranched alkanes of at least 4 members (excludes halogenated alkanes) is 1. The number of rotatable bonds is 9. The highest BCUT2D eigenvalue weighted by Crippen LogP contribution is 2.26. The van der Waals surface area contributed by atoms with Crippen LogP contribution in [0, 0.1) is 0 Å². The highest BCUT2D eigenvalue weighted by molar-refractivity contribution is 9.10. The first-order chi connectivity index (χ1) is 13.5. The standard InChI is InChI=1S/C20H27BrN2O5/c1-3-5-11-27-17-7-6-14(21)12-15(17)20(26)23-9-8-22-19(25)16(23)13-18(24)28-10-4-2/h6-7,12,16H,3-5,8-11,13H2,1-2H3,(H,22,25)/t16-/m1/s1. The summed E-state index contributed by atoms with van der Waals surface area (Å²) in [4.78, 5) is 39.1. The number of hydrogen-bond donors (Lipinski definition) is 1. The van der Waals surface area contributed by atoms with Crippen molar-refractivity contribution in [3.8, 4) is 5.75 Å². The Morgan fingerprint density at radius 3 is 2.75 bits per heavy atom. The molecule has 0 radical (unpaired) electrons. The van der Waals surface area contributed by atoms with Gasteiger partial charge < -0.3 is 19.7 Å². The van der Waals surface area contributed by atoms with E-state index in [9.17, 15) is 14.4 Å². The molecule has 1 heterocycles. The van der Waals surface area contributed by atoms with Crippen LogP contribution in [-0.2, 0) is 14.3 Å². The number of halogens is 1. The van der Waals surface area contributed by atoms with Crippen LogP contribution in [0.25, 0.3) is 0 Å². The van der Waals surface area contributed by atoms with Crippen LogP contribution in [-0.4, -0.2) is 55.0 Å². The summed E-state index contributed by atoms with van der Waals surface area (Å²) in [5.41, 5.74) is 0.368. The van der Waals surface area contributed by atoms with Crippen LogP contribution in [0.4, 0.5) is 0 Å². The molecule has 0 aliphatic carbocycles. The summed E-state index contributed by atoms with van der Waals surface area (Å²) in [6, 6.07) is 4.33. The van der Waals surface area contributed by atoms with Crippen LogP contribution in [0.5, 0.6) is 5.75 Å². The topological polar surface area (TPSA) is 84.9 Å². The molecule has 2 amide bonds. The Balaban J connectivity index is 2.22. The van der Waals surface area contributed by atoms with Crippen LogP contribution in [0.2, 0.25) is 0 Å². The number of benzene rings is 1. The van der Waals surface area contributed by atoms with E-state index < -0.39 is 12.0 Å². The molecule has 0 saturated carbocycles. The van der Waals surface area contributed by atoms with Gasteiger partial charge in [0.1, 0.15) is 11.8 Å². The lowest BCUT2D eigenvalue weighted by Gasteiger charge is -2.35. The van der Waals surface area contributed by atoms with Gasteiger partial charge in [-0.1, -0.05) is 36.2 Å². The zero-order valence-corrected chi connectivity index (χ0v) is 17.9. The number of amides is 2. The predicted octanol–water partition coefficient (Wildman–Crippen LogP) is 2.91. The normalized spacial score (nSPS) is 16.5. The Labute approximate surface area is 173 Å². The highest BCUT2D eigenvalue weighted by atomic mass is 79.9. The minimum Gasteiger partial charge on any atom is -0.493 e. The van der Waals surface area contributed by atoms with Crippen molar-refractivity contribution in [2.24, 2.45) is 0 Å². The average molecular weight is 455 g/mol. The Morgan fingerprint density at radius 2 is 2.04 bits per heavy atom. The van der Waals surface area contributed by atoms with Crippen molar-refractivity contribution in [2.75, 3.05) is 26.3 Å². The molecule has 1 aromatic carbocycles. The van der Waals surface area contributed by atoms with Gasteiger partial charge >= 0.3 is 5.97 Å². The van der Waals surface area contributed by atoms with Crippen molar-refractivity contribution < 1.29 is 23.9 Å². The number of nitrogens with one attached hydrogen (secondary N) is 1. The Kier molecular flexibility index (Phi) is 8.76. The number of carbonyl (C=O) groups excluding carboxylic acids is 3. The molecule has 1 aromatic rings. The Bertz CT molecular complexity index is 710. The van der Waals surface area contributed by atoms with Gasteiger partial charge in [-0.2, -0.15) is 0 Å². The molecule has 1 aliphatic heterocycles. The third-order valence-electron chi connectivity index (χ3n) is 4.35. The molecule has 0 aromatic heterocycles. The molecule has 154 valence electrons. The second-order valence-electron chi connectivity index (χ2n) is 6.57. The third kappa shape index (κ3) is 5.95. The lowest BCUT2D eigenvalue weighted by Crippen LogP contribution is -2.57. The minimum absolute atomic E-state index is 0.169. The molecule has 1 N–H and O–H groups in total. The largest absolute Gasteiger partial charge is 0.493 e. The van der Waals surface area contributed by atoms with E-state index in [1.807, 2.05) is 6.92 Å². The van der Waals surface area contributed by atoms with Crippen molar-refractivity contribution in [2.45, 2.75) is 45.6 Å². The number of carbonyl (C=O) groups is 3. The van der Waals surface area contributed by atoms with Crippen molar-refractivity contribution in [3.63, 3.8) is 0 Å². The molecule has 0 unspecified atom stereocenters. The molecule has 2 rings (SSSR count). The van der Waals surface area contributed by atoms with E-state index >= 15 is 0 Å². The van der Waals surface area contributed by atoms with Crippen LogP contribution in [0.1, 0.15) is 49.9 Å². The van der Waals surface area contributed by atoms with Gasteiger partial charge in [-0.3, -0.25) is 14.4 Å². The van der Waals surface area contributed by atoms with E-state index in [0.717, 1.165) is 17.3 Å². The van der Waals surface area contributed by atoms with Gasteiger partial charge in [-0.15, -0.1) is 0 Å². The van der Waals surface area contributed by atoms with Crippen molar-refractivity contribution in [3.05, 3.63) is 28.2 Å². The maximum Gasteiger partial charge on any atom is 0.308 e. The first-order valence-corrected chi connectivity index (χ1v) is 10.4. The summed E-state index contributed by atoms with van der Waals surface area (Å²) in [6.07, 6.45) is 2.38. The quantitative estimate of drug-likeness (QED) is 0.457. The van der Waals surface area contributed by atoms with Gasteiger partial charge in [0.05, 0.1) is 25.2 Å². The molecule has 7 nitrogen and oxygen atoms in total. The third-order valence-corrected chi connectivity index (χ3v) is 4.84. The van der Waals surface area contributed by atoms with Gasteiger partial charge in [0, 0.05) is 17.6 Å². The first-order valence-electron chi connectivity index (χ1n) is 9.64. The maximum atomic E-state index is 13.2. The summed E-state index contributed by atoms with van der Waals surface area (Å²) < 4.78 is 11.6. The van der Waals surface area contributed by atoms with Gasteiger partial charge in [0.25, 0.3) is 5.91 Å². The monoisotopic (exact) mass is 454 g/mol. The Morgan fingerprint density at radius 1 is 1.25 bits per heavy atom. The minimum atomic E-state index is -0.895. The number of ether oxygens (including phenoxy) is 2. The zero-order valence-electron chi connectivity index (χ0n) is 16.3. The Hall–Kier alpha value is -2.09. The molecule has 1 aliphatic rings. The molecule has 1 saturated heterocycles. The van der Waals surface area contributed by atoms with Gasteiger partial charge in [-0.05, 0) is 31.0 Å². The fourth-order valence-corrected chi connectivity index (χ4v) is 3.23. The fraction of sp³-hybridized carbons (Fsp3) is 0.550. The molecule has 0 spiro atoms. The highest BCUT2D eigenvalue weighted by Gasteiger charge is 2.36. The molecule has 1 atom stereocenters. The predicted molar refractivity (Wildman–Crippen MR) is 108 cm³/mol. The second kappa shape index (κ2) is 11.0. The second-order valence-corrected chi connectivity index (χ2v) is 7.49. The summed E-state index contributed by atoms with van der Waals surface area (Å²) in [7, 11) is 0. The summed E-state index contributed by atoms with van der Waals surface area (Å²) in [5.74, 6) is -0.706. The number of nitrogens with zero attached hydrogens (tertiary/aromatic N) is 1. The molecule has 28 heavy (non-hydrogen) atoms. The van der Waals surface area contributed by atoms with Crippen molar-refractivity contribution in [1.29, 1.82) is 0 Å². The van der Waals surface area contributed by atoms with Crippen LogP contribution < -0.4 is 10.1 Å². The van der Waals surface area contributed by atoms with E-state index in [1.54, 1.807) is 18.2 Å². The van der Waals surface area contributed by atoms with Crippen molar-refractivity contribution >= 4 is 33.7 Å². The van der Waals surface area contributed by atoms with Gasteiger partial charge in [-0.25, -0.2) is 0 Å². The summed E-state index contributed by atoms with van der Waals surface area (Å²) in [5, 5.41) is 2.72. The van der Waals surface area contributed by atoms with E-state index in [2.05, 4.69) is 28.2 Å². The number of hydrogen-bond acceptors (Lipinski definition) is 5. The number of piperazine rings is 1. The SMILES string of the molecule is CCCCOc1ccc(Br)cc1C(=O)N1CCNC(=O)[C@H]1CC(=O)OCCC. The molecular weight excluding hydrogens is 428 g/mol.